The number of halogens is 3. The Morgan fingerprint density at radius 1 is 1.18 bits per heavy atom. The maximum Gasteiger partial charge on any atom is 0.417 e. The Morgan fingerprint density at radius 3 is 2.56 bits per heavy atom. The number of aromatic nitrogens is 5. The Kier molecular flexibility index (Phi) is 5.67. The average Bonchev–Trinajstić information content (AvgIpc) is 3.21. The molecule has 10 nitrogen and oxygen atoms in total. The smallest absolute Gasteiger partial charge is 0.348 e. The monoisotopic (exact) mass is 488 g/mol. The largest absolute Gasteiger partial charge is 0.417 e. The third-order valence-electron chi connectivity index (χ3n) is 4.92. The summed E-state index contributed by atoms with van der Waals surface area (Å²) in [6, 6.07) is 5.20. The van der Waals surface area contributed by atoms with E-state index in [1.54, 1.807) is 6.92 Å². The van der Waals surface area contributed by atoms with E-state index in [9.17, 15) is 26.9 Å². The van der Waals surface area contributed by atoms with Gasteiger partial charge in [-0.1, -0.05) is 6.07 Å². The number of nitriles is 1. The van der Waals surface area contributed by atoms with E-state index >= 15 is 0 Å². The second kappa shape index (κ2) is 8.36. The number of nitrogens with one attached hydrogen (secondary N) is 2. The van der Waals surface area contributed by atoms with Crippen molar-refractivity contribution in [1.29, 1.82) is 5.26 Å². The van der Waals surface area contributed by atoms with Crippen LogP contribution in [0.5, 0.6) is 0 Å². The summed E-state index contributed by atoms with van der Waals surface area (Å²) >= 11 is 0. The van der Waals surface area contributed by atoms with E-state index < -0.39 is 27.8 Å². The van der Waals surface area contributed by atoms with Crippen LogP contribution in [0.2, 0.25) is 0 Å². The average molecular weight is 488 g/mol. The van der Waals surface area contributed by atoms with Crippen molar-refractivity contribution in [3.05, 3.63) is 59.7 Å². The molecular formula is C20H15F3N8O2S. The Bertz CT molecular complexity index is 1530. The number of nitrogens with zero attached hydrogens (tertiary/aromatic N) is 5. The maximum absolute atomic E-state index is 13.2. The van der Waals surface area contributed by atoms with Crippen LogP contribution in [0.4, 0.5) is 19.1 Å². The van der Waals surface area contributed by atoms with Gasteiger partial charge < -0.3 is 10.3 Å². The molecule has 0 bridgehead atoms. The van der Waals surface area contributed by atoms with Crippen molar-refractivity contribution in [1.82, 2.24) is 24.9 Å². The van der Waals surface area contributed by atoms with Gasteiger partial charge in [-0.15, -0.1) is 0 Å². The molecule has 0 spiro atoms. The Labute approximate surface area is 190 Å². The summed E-state index contributed by atoms with van der Waals surface area (Å²) < 4.78 is 62.3. The number of alkyl halides is 3. The number of sulfonamides is 1. The number of nitrogens with two attached hydrogens (primary N) is 1. The lowest BCUT2D eigenvalue weighted by molar-refractivity contribution is -0.137. The first-order valence-corrected chi connectivity index (χ1v) is 11.1. The van der Waals surface area contributed by atoms with Crippen LogP contribution >= 0.6 is 0 Å². The highest BCUT2D eigenvalue weighted by Crippen LogP contribution is 2.35. The molecule has 34 heavy (non-hydrogen) atoms. The molecule has 4 aromatic rings. The number of anilines is 1. The molecule has 0 amide bonds. The van der Waals surface area contributed by atoms with E-state index in [1.165, 1.54) is 30.7 Å². The lowest BCUT2D eigenvalue weighted by Gasteiger charge is -2.15. The van der Waals surface area contributed by atoms with Crippen molar-refractivity contribution in [3.63, 3.8) is 0 Å². The molecule has 0 aromatic carbocycles. The van der Waals surface area contributed by atoms with Gasteiger partial charge in [0.25, 0.3) is 10.0 Å². The molecular weight excluding hydrogens is 473 g/mol. The Morgan fingerprint density at radius 2 is 1.94 bits per heavy atom. The first kappa shape index (κ1) is 23.1. The topological polar surface area (TPSA) is 163 Å². The van der Waals surface area contributed by atoms with Gasteiger partial charge in [0.05, 0.1) is 29.1 Å². The summed E-state index contributed by atoms with van der Waals surface area (Å²) in [6.07, 6.45) is 0.127. The van der Waals surface area contributed by atoms with Crippen LogP contribution in [0, 0.1) is 11.3 Å². The van der Waals surface area contributed by atoms with Crippen molar-refractivity contribution in [2.75, 3.05) is 5.32 Å². The molecule has 4 rings (SSSR count). The molecule has 0 saturated carbocycles. The molecule has 4 N–H and O–H groups in total. The van der Waals surface area contributed by atoms with Gasteiger partial charge in [0.2, 0.25) is 5.95 Å². The van der Waals surface area contributed by atoms with Crippen LogP contribution in [0.15, 0.2) is 48.0 Å². The van der Waals surface area contributed by atoms with Gasteiger partial charge in [0, 0.05) is 29.5 Å². The molecule has 4 aromatic heterocycles. The van der Waals surface area contributed by atoms with Gasteiger partial charge in [0.15, 0.2) is 5.03 Å². The number of fused-ring (bicyclic) bond motifs is 1. The number of hydrogen-bond acceptors (Lipinski definition) is 8. The maximum atomic E-state index is 13.2. The second-order valence-electron chi connectivity index (χ2n) is 7.23. The molecule has 0 aliphatic carbocycles. The van der Waals surface area contributed by atoms with Crippen molar-refractivity contribution in [2.24, 2.45) is 5.14 Å². The fourth-order valence-corrected chi connectivity index (χ4v) is 3.64. The molecule has 0 aliphatic heterocycles. The number of primary sulfonamides is 1. The summed E-state index contributed by atoms with van der Waals surface area (Å²) in [4.78, 5) is 18.8. The van der Waals surface area contributed by atoms with Crippen molar-refractivity contribution >= 4 is 27.0 Å². The minimum atomic E-state index is -4.59. The summed E-state index contributed by atoms with van der Waals surface area (Å²) in [6.45, 7) is 1.74. The van der Waals surface area contributed by atoms with E-state index in [1.807, 2.05) is 6.07 Å². The molecule has 4 heterocycles. The van der Waals surface area contributed by atoms with Crippen LogP contribution in [-0.2, 0) is 16.2 Å². The van der Waals surface area contributed by atoms with Crippen LogP contribution in [0.1, 0.15) is 29.7 Å². The molecule has 0 radical (unpaired) electrons. The van der Waals surface area contributed by atoms with E-state index in [0.717, 1.165) is 12.3 Å². The fraction of sp³-hybridized carbons (Fsp3) is 0.150. The highest BCUT2D eigenvalue weighted by molar-refractivity contribution is 7.89. The molecule has 174 valence electrons. The first-order valence-electron chi connectivity index (χ1n) is 9.54. The minimum absolute atomic E-state index is 0.0516. The molecule has 0 saturated heterocycles. The van der Waals surface area contributed by atoms with Gasteiger partial charge in [-0.25, -0.2) is 33.5 Å². The van der Waals surface area contributed by atoms with Gasteiger partial charge in [0.1, 0.15) is 11.7 Å². The number of rotatable bonds is 5. The normalized spacial score (nSPS) is 12.9. The Hall–Kier alpha value is -4.09. The fourth-order valence-electron chi connectivity index (χ4n) is 3.19. The predicted molar refractivity (Wildman–Crippen MR) is 114 cm³/mol. The predicted octanol–water partition coefficient (Wildman–Crippen LogP) is 3.13. The molecule has 0 fully saturated rings. The van der Waals surface area contributed by atoms with Crippen molar-refractivity contribution in [3.8, 4) is 17.3 Å². The zero-order valence-electron chi connectivity index (χ0n) is 17.3. The van der Waals surface area contributed by atoms with Gasteiger partial charge in [-0.05, 0) is 24.6 Å². The highest BCUT2D eigenvalue weighted by atomic mass is 32.2. The van der Waals surface area contributed by atoms with Crippen LogP contribution in [-0.4, -0.2) is 33.3 Å². The van der Waals surface area contributed by atoms with Crippen LogP contribution < -0.4 is 10.5 Å². The van der Waals surface area contributed by atoms with E-state index in [0.29, 0.717) is 5.56 Å². The van der Waals surface area contributed by atoms with E-state index in [4.69, 9.17) is 5.14 Å². The number of hydrogen-bond donors (Lipinski definition) is 3. The quantitative estimate of drug-likeness (QED) is 0.386. The zero-order chi connectivity index (χ0) is 24.7. The lowest BCUT2D eigenvalue weighted by Crippen LogP contribution is -2.15. The summed E-state index contributed by atoms with van der Waals surface area (Å²) in [5.41, 5.74) is 0.277. The van der Waals surface area contributed by atoms with E-state index in [2.05, 4.69) is 30.2 Å². The Balaban J connectivity index is 1.70. The molecule has 0 unspecified atom stereocenters. The molecule has 14 heteroatoms. The van der Waals surface area contributed by atoms with Crippen LogP contribution in [0.3, 0.4) is 0 Å². The second-order valence-corrected chi connectivity index (χ2v) is 8.74. The molecule has 0 aliphatic rings. The molecule has 1 atom stereocenters. The highest BCUT2D eigenvalue weighted by Gasteiger charge is 2.31. The number of pyridine rings is 2. The summed E-state index contributed by atoms with van der Waals surface area (Å²) in [5.74, 6) is 0.0892. The third kappa shape index (κ3) is 4.51. The van der Waals surface area contributed by atoms with Gasteiger partial charge >= 0.3 is 6.18 Å². The standard InChI is InChI=1S/C20H15F3N8O2S/c1-10(11-2-3-16(26-6-11)34(25,32)33)30-19-29-7-12(5-24)17(31-19)15-9-28-18-14(15)4-13(8-27-18)20(21,22)23/h2-4,6-10H,1H3,(H,27,28)(H2,25,32,33)(H,29,30,31)/t10-/m1/s1. The van der Waals surface area contributed by atoms with E-state index in [-0.39, 0.29) is 38.8 Å². The van der Waals surface area contributed by atoms with Gasteiger partial charge in [-0.2, -0.15) is 18.4 Å². The SMILES string of the molecule is C[C@@H](Nc1ncc(C#N)c(-c2c[nH]c3ncc(C(F)(F)F)cc23)n1)c1ccc(S(N)(=O)=O)nc1. The van der Waals surface area contributed by atoms with Crippen molar-refractivity contribution < 1.29 is 21.6 Å². The lowest BCUT2D eigenvalue weighted by atomic mass is 10.1. The van der Waals surface area contributed by atoms with Crippen molar-refractivity contribution in [2.45, 2.75) is 24.2 Å². The number of aromatic amines is 1. The minimum Gasteiger partial charge on any atom is -0.348 e. The third-order valence-corrected chi connectivity index (χ3v) is 5.74. The first-order chi connectivity index (χ1) is 16.0. The van der Waals surface area contributed by atoms with Crippen LogP contribution in [0.25, 0.3) is 22.3 Å². The summed E-state index contributed by atoms with van der Waals surface area (Å²) in [5, 5.41) is 17.4. The van der Waals surface area contributed by atoms with Gasteiger partial charge in [-0.3, -0.25) is 0 Å². The number of H-pyrrole nitrogens is 1. The summed E-state index contributed by atoms with van der Waals surface area (Å²) in [7, 11) is -3.94. The zero-order valence-corrected chi connectivity index (χ0v) is 18.1.